The van der Waals surface area contributed by atoms with Gasteiger partial charge in [-0.3, -0.25) is 9.59 Å². The molecule has 2 rings (SSSR count). The minimum absolute atomic E-state index is 0.0489. The summed E-state index contributed by atoms with van der Waals surface area (Å²) in [6.07, 6.45) is 3.85. The number of anilines is 1. The summed E-state index contributed by atoms with van der Waals surface area (Å²) < 4.78 is 1.27. The van der Waals surface area contributed by atoms with Crippen LogP contribution in [0.1, 0.15) is 19.3 Å². The number of hydrogen-bond donors (Lipinski definition) is 3. The highest BCUT2D eigenvalue weighted by Gasteiger charge is 2.25. The summed E-state index contributed by atoms with van der Waals surface area (Å²) in [6.45, 7) is 0.407. The Bertz CT molecular complexity index is 512. The Balaban J connectivity index is 1.87. The lowest BCUT2D eigenvalue weighted by Gasteiger charge is -2.15. The van der Waals surface area contributed by atoms with Gasteiger partial charge in [-0.2, -0.15) is 0 Å². The van der Waals surface area contributed by atoms with Gasteiger partial charge in [-0.05, 0) is 18.9 Å². The molecule has 2 unspecified atom stereocenters. The number of nitrogens with two attached hydrogens (primary N) is 1. The van der Waals surface area contributed by atoms with Crippen LogP contribution in [0.3, 0.4) is 0 Å². The highest BCUT2D eigenvalue weighted by atomic mass is 16.3. The maximum atomic E-state index is 11.7. The van der Waals surface area contributed by atoms with Crippen molar-refractivity contribution in [2.45, 2.75) is 31.9 Å². The number of aliphatic hydroxyl groups is 1. The van der Waals surface area contributed by atoms with Crippen molar-refractivity contribution in [3.05, 3.63) is 28.7 Å². The van der Waals surface area contributed by atoms with Crippen LogP contribution >= 0.6 is 0 Å². The number of rotatable bonds is 4. The predicted octanol–water partition coefficient (Wildman–Crippen LogP) is -0.292. The maximum Gasteiger partial charge on any atom is 0.251 e. The van der Waals surface area contributed by atoms with Gasteiger partial charge in [-0.1, -0.05) is 6.42 Å². The molecule has 1 aliphatic carbocycles. The summed E-state index contributed by atoms with van der Waals surface area (Å²) in [6, 6.07) is 2.84. The molecule has 1 fully saturated rings. The molecule has 0 spiro atoms. The second-order valence-corrected chi connectivity index (χ2v) is 4.99. The van der Waals surface area contributed by atoms with Crippen LogP contribution in [0.5, 0.6) is 0 Å². The van der Waals surface area contributed by atoms with Crippen molar-refractivity contribution < 1.29 is 9.90 Å². The van der Waals surface area contributed by atoms with Crippen LogP contribution in [0.2, 0.25) is 0 Å². The second kappa shape index (κ2) is 5.88. The van der Waals surface area contributed by atoms with Crippen LogP contribution in [0.4, 0.5) is 5.69 Å². The number of carbonyl (C=O) groups excluding carboxylic acids is 1. The Morgan fingerprint density at radius 3 is 2.95 bits per heavy atom. The van der Waals surface area contributed by atoms with E-state index in [2.05, 4.69) is 5.32 Å². The first-order valence-electron chi connectivity index (χ1n) is 6.47. The van der Waals surface area contributed by atoms with Crippen LogP contribution in [-0.2, 0) is 11.3 Å². The molecule has 0 saturated heterocycles. The summed E-state index contributed by atoms with van der Waals surface area (Å²) >= 11 is 0. The summed E-state index contributed by atoms with van der Waals surface area (Å²) in [5.74, 6) is -0.117. The minimum Gasteiger partial charge on any atom is -0.398 e. The Hall–Kier alpha value is -1.82. The van der Waals surface area contributed by atoms with E-state index in [0.717, 1.165) is 19.3 Å². The first-order chi connectivity index (χ1) is 9.06. The lowest BCUT2D eigenvalue weighted by atomic mass is 10.1. The smallest absolute Gasteiger partial charge is 0.251 e. The first-order valence-corrected chi connectivity index (χ1v) is 6.47. The largest absolute Gasteiger partial charge is 0.398 e. The van der Waals surface area contributed by atoms with Crippen molar-refractivity contribution in [3.8, 4) is 0 Å². The number of amides is 1. The van der Waals surface area contributed by atoms with Gasteiger partial charge >= 0.3 is 0 Å². The van der Waals surface area contributed by atoms with E-state index in [1.807, 2.05) is 0 Å². The third-order valence-corrected chi connectivity index (χ3v) is 3.50. The molecular formula is C13H19N3O3. The normalized spacial score (nSPS) is 22.4. The Kier molecular flexibility index (Phi) is 4.21. The van der Waals surface area contributed by atoms with Crippen LogP contribution in [0.15, 0.2) is 23.1 Å². The molecule has 1 saturated carbocycles. The van der Waals surface area contributed by atoms with Gasteiger partial charge in [0.05, 0.1) is 6.10 Å². The number of nitrogens with one attached hydrogen (secondary N) is 1. The SMILES string of the molecule is Nc1ccc(=O)n(CC(=O)NCC2CCCC2O)c1. The van der Waals surface area contributed by atoms with Gasteiger partial charge < -0.3 is 20.7 Å². The lowest BCUT2D eigenvalue weighted by Crippen LogP contribution is -2.36. The number of carbonyl (C=O) groups is 1. The van der Waals surface area contributed by atoms with Crippen molar-refractivity contribution in [1.29, 1.82) is 0 Å². The standard InChI is InChI=1S/C13H19N3O3/c14-10-4-5-13(19)16(7-10)8-12(18)15-6-9-2-1-3-11(9)17/h4-5,7,9,11,17H,1-3,6,8,14H2,(H,15,18). The zero-order valence-electron chi connectivity index (χ0n) is 10.7. The monoisotopic (exact) mass is 265 g/mol. The van der Waals surface area contributed by atoms with Crippen molar-refractivity contribution in [3.63, 3.8) is 0 Å². The van der Waals surface area contributed by atoms with Crippen LogP contribution in [0.25, 0.3) is 0 Å². The van der Waals surface area contributed by atoms with Gasteiger partial charge in [0.15, 0.2) is 0 Å². The predicted molar refractivity (Wildman–Crippen MR) is 71.5 cm³/mol. The molecule has 2 atom stereocenters. The molecule has 0 bridgehead atoms. The van der Waals surface area contributed by atoms with E-state index in [0.29, 0.717) is 12.2 Å². The molecular weight excluding hydrogens is 246 g/mol. The fourth-order valence-corrected chi connectivity index (χ4v) is 2.38. The van der Waals surface area contributed by atoms with Crippen LogP contribution < -0.4 is 16.6 Å². The van der Waals surface area contributed by atoms with Crippen LogP contribution in [0, 0.1) is 5.92 Å². The van der Waals surface area contributed by atoms with Gasteiger partial charge in [-0.25, -0.2) is 0 Å². The molecule has 1 aromatic heterocycles. The average Bonchev–Trinajstić information content (AvgIpc) is 2.77. The van der Waals surface area contributed by atoms with Crippen molar-refractivity contribution >= 4 is 11.6 Å². The third-order valence-electron chi connectivity index (χ3n) is 3.50. The molecule has 0 aliphatic heterocycles. The maximum absolute atomic E-state index is 11.7. The lowest BCUT2D eigenvalue weighted by molar-refractivity contribution is -0.122. The van der Waals surface area contributed by atoms with Gasteiger partial charge in [0.25, 0.3) is 5.56 Å². The van der Waals surface area contributed by atoms with E-state index >= 15 is 0 Å². The van der Waals surface area contributed by atoms with Gasteiger partial charge in [-0.15, -0.1) is 0 Å². The van der Waals surface area contributed by atoms with E-state index in [9.17, 15) is 14.7 Å². The van der Waals surface area contributed by atoms with E-state index in [1.54, 1.807) is 0 Å². The van der Waals surface area contributed by atoms with Crippen molar-refractivity contribution in [1.82, 2.24) is 9.88 Å². The molecule has 19 heavy (non-hydrogen) atoms. The van der Waals surface area contributed by atoms with E-state index in [4.69, 9.17) is 5.73 Å². The summed E-state index contributed by atoms with van der Waals surface area (Å²) in [7, 11) is 0. The van der Waals surface area contributed by atoms with Crippen molar-refractivity contribution in [2.24, 2.45) is 5.92 Å². The number of nitrogens with zero attached hydrogens (tertiary/aromatic N) is 1. The fraction of sp³-hybridized carbons (Fsp3) is 0.538. The molecule has 1 aromatic rings. The van der Waals surface area contributed by atoms with Gasteiger partial charge in [0.2, 0.25) is 5.91 Å². The zero-order valence-corrected chi connectivity index (χ0v) is 10.7. The number of aliphatic hydroxyl groups excluding tert-OH is 1. The Labute approximate surface area is 111 Å². The van der Waals surface area contributed by atoms with Crippen LogP contribution in [-0.4, -0.2) is 28.2 Å². The average molecular weight is 265 g/mol. The summed E-state index contributed by atoms with van der Waals surface area (Å²) in [5.41, 5.74) is 5.75. The van der Waals surface area contributed by atoms with E-state index < -0.39 is 0 Å². The molecule has 6 heteroatoms. The fourth-order valence-electron chi connectivity index (χ4n) is 2.38. The highest BCUT2D eigenvalue weighted by Crippen LogP contribution is 2.24. The molecule has 1 aliphatic rings. The Morgan fingerprint density at radius 2 is 2.26 bits per heavy atom. The topological polar surface area (TPSA) is 97.4 Å². The molecule has 4 N–H and O–H groups in total. The minimum atomic E-state index is -0.324. The zero-order chi connectivity index (χ0) is 13.8. The molecule has 0 aromatic carbocycles. The second-order valence-electron chi connectivity index (χ2n) is 4.99. The number of aromatic nitrogens is 1. The van der Waals surface area contributed by atoms with E-state index in [1.165, 1.54) is 22.9 Å². The first kappa shape index (κ1) is 13.6. The Morgan fingerprint density at radius 1 is 1.47 bits per heavy atom. The van der Waals surface area contributed by atoms with Gasteiger partial charge in [0, 0.05) is 30.4 Å². The molecule has 1 heterocycles. The van der Waals surface area contributed by atoms with E-state index in [-0.39, 0.29) is 30.0 Å². The molecule has 6 nitrogen and oxygen atoms in total. The van der Waals surface area contributed by atoms with Gasteiger partial charge in [0.1, 0.15) is 6.54 Å². The molecule has 1 amide bonds. The number of pyridine rings is 1. The third kappa shape index (κ3) is 3.57. The highest BCUT2D eigenvalue weighted by molar-refractivity contribution is 5.75. The number of nitrogen functional groups attached to an aromatic ring is 1. The molecule has 0 radical (unpaired) electrons. The van der Waals surface area contributed by atoms with Crippen molar-refractivity contribution in [2.75, 3.05) is 12.3 Å². The summed E-state index contributed by atoms with van der Waals surface area (Å²) in [4.78, 5) is 23.3. The molecule has 104 valence electrons. The number of hydrogen-bond acceptors (Lipinski definition) is 4. The summed E-state index contributed by atoms with van der Waals surface area (Å²) in [5, 5.41) is 12.4. The quantitative estimate of drug-likeness (QED) is 0.696.